The molecule has 7 heteroatoms. The third kappa shape index (κ3) is 6.34. The van der Waals surface area contributed by atoms with Crippen LogP contribution in [0.4, 0.5) is 5.82 Å². The van der Waals surface area contributed by atoms with Crippen molar-refractivity contribution in [3.05, 3.63) is 23.9 Å². The van der Waals surface area contributed by atoms with Crippen LogP contribution in [0.3, 0.4) is 0 Å². The fourth-order valence-corrected chi connectivity index (χ4v) is 4.84. The average molecular weight is 415 g/mol. The minimum atomic E-state index is -0.185. The number of aliphatic imine (C=N–C) groups is 1. The molecule has 2 unspecified atom stereocenters. The van der Waals surface area contributed by atoms with Crippen LogP contribution in [0.25, 0.3) is 0 Å². The fraction of sp³-hybridized carbons (Fsp3) is 0.696. The minimum absolute atomic E-state index is 0.0123. The number of hydrogen-bond donors (Lipinski definition) is 3. The van der Waals surface area contributed by atoms with E-state index in [2.05, 4.69) is 38.5 Å². The zero-order chi connectivity index (χ0) is 21.3. The van der Waals surface area contributed by atoms with Gasteiger partial charge < -0.3 is 21.3 Å². The van der Waals surface area contributed by atoms with Gasteiger partial charge in [-0.1, -0.05) is 32.3 Å². The van der Waals surface area contributed by atoms with Crippen molar-refractivity contribution in [2.45, 2.75) is 58.4 Å². The number of hydrogen-bond acceptors (Lipinski definition) is 4. The molecule has 3 rings (SSSR count). The molecule has 1 aliphatic heterocycles. The number of nitrogens with zero attached hydrogens (tertiary/aromatic N) is 3. The molecule has 1 saturated carbocycles. The molecule has 1 aliphatic carbocycles. The van der Waals surface area contributed by atoms with Crippen molar-refractivity contribution in [1.82, 2.24) is 15.6 Å². The number of piperidine rings is 1. The molecule has 2 aliphatic rings. The number of carbonyl (C=O) groups is 1. The van der Waals surface area contributed by atoms with Gasteiger partial charge in [0.1, 0.15) is 5.82 Å². The molecule has 30 heavy (non-hydrogen) atoms. The number of amides is 1. The zero-order valence-electron chi connectivity index (χ0n) is 18.6. The SMILES string of the molecule is CN=C(NCCC1CCCC(C)C1)NCc1cccnc1N1CCC(C(N)=O)CC1. The molecule has 2 atom stereocenters. The van der Waals surface area contributed by atoms with Crippen LogP contribution in [0.2, 0.25) is 0 Å². The van der Waals surface area contributed by atoms with Gasteiger partial charge in [0.05, 0.1) is 0 Å². The molecule has 1 aromatic rings. The number of nitrogens with two attached hydrogens (primary N) is 1. The van der Waals surface area contributed by atoms with E-state index in [-0.39, 0.29) is 11.8 Å². The number of nitrogens with one attached hydrogen (secondary N) is 2. The molecule has 0 radical (unpaired) electrons. The normalized spacial score (nSPS) is 23.3. The highest BCUT2D eigenvalue weighted by molar-refractivity contribution is 5.79. The molecule has 1 amide bonds. The first kappa shape index (κ1) is 22.4. The Hall–Kier alpha value is -2.31. The summed E-state index contributed by atoms with van der Waals surface area (Å²) >= 11 is 0. The van der Waals surface area contributed by atoms with Crippen LogP contribution < -0.4 is 21.3 Å². The molecule has 0 spiro atoms. The third-order valence-corrected chi connectivity index (χ3v) is 6.62. The molecule has 166 valence electrons. The number of pyridine rings is 1. The Morgan fingerprint density at radius 2 is 2.07 bits per heavy atom. The Kier molecular flexibility index (Phi) is 8.34. The molecule has 1 aromatic heterocycles. The van der Waals surface area contributed by atoms with Crippen molar-refractivity contribution in [3.8, 4) is 0 Å². The lowest BCUT2D eigenvalue weighted by atomic mass is 9.81. The first-order valence-electron chi connectivity index (χ1n) is 11.5. The van der Waals surface area contributed by atoms with Crippen molar-refractivity contribution < 1.29 is 4.79 Å². The van der Waals surface area contributed by atoms with Crippen molar-refractivity contribution in [2.24, 2.45) is 28.5 Å². The van der Waals surface area contributed by atoms with Crippen LogP contribution in [0.15, 0.2) is 23.3 Å². The van der Waals surface area contributed by atoms with Crippen molar-refractivity contribution in [1.29, 1.82) is 0 Å². The van der Waals surface area contributed by atoms with E-state index in [9.17, 15) is 4.79 Å². The standard InChI is InChI=1S/C23H38N6O/c1-17-5-3-6-18(15-17)8-12-27-23(25-2)28-16-20-7-4-11-26-22(20)29-13-9-19(10-14-29)21(24)30/h4,7,11,17-19H,3,5-6,8-10,12-16H2,1-2H3,(H2,24,30)(H2,25,27,28). The summed E-state index contributed by atoms with van der Waals surface area (Å²) in [6.07, 6.45) is 10.1. The van der Waals surface area contributed by atoms with Gasteiger partial charge in [-0.15, -0.1) is 0 Å². The lowest BCUT2D eigenvalue weighted by Gasteiger charge is -2.32. The predicted molar refractivity (Wildman–Crippen MR) is 122 cm³/mol. The molecule has 2 fully saturated rings. The van der Waals surface area contributed by atoms with Crippen LogP contribution in [-0.2, 0) is 11.3 Å². The van der Waals surface area contributed by atoms with Crippen LogP contribution >= 0.6 is 0 Å². The highest BCUT2D eigenvalue weighted by Crippen LogP contribution is 2.30. The maximum absolute atomic E-state index is 11.4. The molecule has 2 heterocycles. The Morgan fingerprint density at radius 3 is 2.77 bits per heavy atom. The second kappa shape index (κ2) is 11.2. The van der Waals surface area contributed by atoms with E-state index in [0.717, 1.165) is 61.7 Å². The maximum atomic E-state index is 11.4. The summed E-state index contributed by atoms with van der Waals surface area (Å²) in [6, 6.07) is 4.07. The van der Waals surface area contributed by atoms with Gasteiger partial charge in [-0.3, -0.25) is 9.79 Å². The Balaban J connectivity index is 1.48. The highest BCUT2D eigenvalue weighted by atomic mass is 16.1. The molecule has 1 saturated heterocycles. The Bertz CT molecular complexity index is 713. The molecular weight excluding hydrogens is 376 g/mol. The zero-order valence-corrected chi connectivity index (χ0v) is 18.6. The molecule has 0 aromatic carbocycles. The van der Waals surface area contributed by atoms with Crippen LogP contribution in [-0.4, -0.2) is 43.5 Å². The van der Waals surface area contributed by atoms with Gasteiger partial charge in [0.25, 0.3) is 0 Å². The van der Waals surface area contributed by atoms with Crippen molar-refractivity contribution in [2.75, 3.05) is 31.6 Å². The van der Waals surface area contributed by atoms with Gasteiger partial charge in [0.15, 0.2) is 5.96 Å². The lowest BCUT2D eigenvalue weighted by molar-refractivity contribution is -0.122. The summed E-state index contributed by atoms with van der Waals surface area (Å²) in [5.74, 6) is 3.34. The van der Waals surface area contributed by atoms with E-state index in [0.29, 0.717) is 6.54 Å². The summed E-state index contributed by atoms with van der Waals surface area (Å²) in [5.41, 5.74) is 6.61. The van der Waals surface area contributed by atoms with E-state index in [1.807, 2.05) is 19.3 Å². The second-order valence-corrected chi connectivity index (χ2v) is 8.93. The average Bonchev–Trinajstić information content (AvgIpc) is 2.76. The summed E-state index contributed by atoms with van der Waals surface area (Å²) in [5, 5.41) is 6.91. The monoisotopic (exact) mass is 414 g/mol. The van der Waals surface area contributed by atoms with E-state index >= 15 is 0 Å². The van der Waals surface area contributed by atoms with E-state index in [4.69, 9.17) is 5.73 Å². The Morgan fingerprint density at radius 1 is 1.27 bits per heavy atom. The van der Waals surface area contributed by atoms with Gasteiger partial charge in [-0.25, -0.2) is 4.98 Å². The van der Waals surface area contributed by atoms with Gasteiger partial charge in [0, 0.05) is 50.9 Å². The number of aromatic nitrogens is 1. The van der Waals surface area contributed by atoms with Gasteiger partial charge in [-0.05, 0) is 43.6 Å². The maximum Gasteiger partial charge on any atom is 0.220 e. The summed E-state index contributed by atoms with van der Waals surface area (Å²) in [4.78, 5) is 22.7. The molecule has 4 N–H and O–H groups in total. The van der Waals surface area contributed by atoms with Gasteiger partial charge in [-0.2, -0.15) is 0 Å². The first-order valence-corrected chi connectivity index (χ1v) is 11.5. The smallest absolute Gasteiger partial charge is 0.220 e. The number of anilines is 1. The Labute approximate surface area is 180 Å². The lowest BCUT2D eigenvalue weighted by Crippen LogP contribution is -2.40. The topological polar surface area (TPSA) is 95.6 Å². The number of guanidine groups is 1. The summed E-state index contributed by atoms with van der Waals surface area (Å²) in [6.45, 7) is 5.62. The quantitative estimate of drug-likeness (QED) is 0.471. The van der Waals surface area contributed by atoms with Crippen molar-refractivity contribution >= 4 is 17.7 Å². The highest BCUT2D eigenvalue weighted by Gasteiger charge is 2.25. The minimum Gasteiger partial charge on any atom is -0.369 e. The van der Waals surface area contributed by atoms with E-state index in [1.54, 1.807) is 0 Å². The van der Waals surface area contributed by atoms with E-state index < -0.39 is 0 Å². The predicted octanol–water partition coefficient (Wildman–Crippen LogP) is 2.66. The van der Waals surface area contributed by atoms with Crippen LogP contribution in [0.1, 0.15) is 57.4 Å². The fourth-order valence-electron chi connectivity index (χ4n) is 4.84. The number of carbonyl (C=O) groups excluding carboxylic acids is 1. The molecule has 0 bridgehead atoms. The number of rotatable bonds is 7. The van der Waals surface area contributed by atoms with Gasteiger partial charge >= 0.3 is 0 Å². The number of primary amides is 1. The molecule has 7 nitrogen and oxygen atoms in total. The summed E-state index contributed by atoms with van der Waals surface area (Å²) < 4.78 is 0. The largest absolute Gasteiger partial charge is 0.369 e. The van der Waals surface area contributed by atoms with Crippen molar-refractivity contribution in [3.63, 3.8) is 0 Å². The molecular formula is C23H38N6O. The van der Waals surface area contributed by atoms with Crippen LogP contribution in [0.5, 0.6) is 0 Å². The summed E-state index contributed by atoms with van der Waals surface area (Å²) in [7, 11) is 1.82. The first-order chi connectivity index (χ1) is 14.6. The van der Waals surface area contributed by atoms with Gasteiger partial charge in [0.2, 0.25) is 5.91 Å². The van der Waals surface area contributed by atoms with Crippen LogP contribution in [0, 0.1) is 17.8 Å². The second-order valence-electron chi connectivity index (χ2n) is 8.93. The third-order valence-electron chi connectivity index (χ3n) is 6.62. The van der Waals surface area contributed by atoms with E-state index in [1.165, 1.54) is 32.1 Å².